The predicted molar refractivity (Wildman–Crippen MR) is 63.6 cm³/mol. The molecule has 0 unspecified atom stereocenters. The highest BCUT2D eigenvalue weighted by atomic mass is 19.4. The van der Waals surface area contributed by atoms with Gasteiger partial charge in [0.2, 0.25) is 0 Å². The summed E-state index contributed by atoms with van der Waals surface area (Å²) in [7, 11) is 0. The second-order valence-corrected chi connectivity index (χ2v) is 5.35. The third kappa shape index (κ3) is 1.96. The van der Waals surface area contributed by atoms with E-state index in [2.05, 4.69) is 5.10 Å². The van der Waals surface area contributed by atoms with Gasteiger partial charge in [0.15, 0.2) is 11.5 Å². The average molecular weight is 302 g/mol. The third-order valence-corrected chi connectivity index (χ3v) is 4.09. The number of hydrogen-bond acceptors (Lipinski definition) is 4. The van der Waals surface area contributed by atoms with Crippen LogP contribution in [-0.2, 0) is 22.3 Å². The number of hydrogen-bond donors (Lipinski definition) is 0. The molecule has 2 aliphatic rings. The number of fused-ring (bicyclic) bond motifs is 3. The highest BCUT2D eigenvalue weighted by molar-refractivity contribution is 6.05. The average Bonchev–Trinajstić information content (AvgIpc) is 2.74. The van der Waals surface area contributed by atoms with Crippen molar-refractivity contribution in [1.29, 1.82) is 0 Å². The minimum atomic E-state index is -4.64. The fourth-order valence-corrected chi connectivity index (χ4v) is 3.17. The molecule has 5 nitrogen and oxygen atoms in total. The normalized spacial score (nSPS) is 26.5. The van der Waals surface area contributed by atoms with E-state index in [0.29, 0.717) is 0 Å². The number of carbonyl (C=O) groups is 2. The van der Waals surface area contributed by atoms with Gasteiger partial charge in [-0.2, -0.15) is 18.3 Å². The molecule has 0 spiro atoms. The van der Waals surface area contributed by atoms with Gasteiger partial charge in [-0.15, -0.1) is 0 Å². The molecule has 21 heavy (non-hydrogen) atoms. The van der Waals surface area contributed by atoms with Crippen molar-refractivity contribution in [2.45, 2.75) is 32.5 Å². The number of rotatable bonds is 3. The summed E-state index contributed by atoms with van der Waals surface area (Å²) in [6.07, 6.45) is -4.64. The monoisotopic (exact) mass is 302 g/mol. The van der Waals surface area contributed by atoms with Gasteiger partial charge in [0.25, 0.3) is 0 Å². The lowest BCUT2D eigenvalue weighted by atomic mass is 10.1. The summed E-state index contributed by atoms with van der Waals surface area (Å²) >= 11 is 0. The van der Waals surface area contributed by atoms with Crippen LogP contribution in [0.15, 0.2) is 0 Å². The first kappa shape index (κ1) is 14.1. The fourth-order valence-electron chi connectivity index (χ4n) is 3.17. The molecule has 0 saturated heterocycles. The zero-order valence-electron chi connectivity index (χ0n) is 11.4. The van der Waals surface area contributed by atoms with Crippen molar-refractivity contribution < 1.29 is 27.5 Å². The van der Waals surface area contributed by atoms with Crippen LogP contribution in [-0.4, -0.2) is 28.1 Å². The van der Waals surface area contributed by atoms with E-state index in [-0.39, 0.29) is 29.6 Å². The van der Waals surface area contributed by atoms with Gasteiger partial charge in [-0.3, -0.25) is 9.59 Å². The lowest BCUT2D eigenvalue weighted by Crippen LogP contribution is -2.19. The summed E-state index contributed by atoms with van der Waals surface area (Å²) in [5.74, 6) is -1.97. The minimum Gasteiger partial charge on any atom is -0.465 e. The Bertz CT molecular complexity index is 635. The predicted octanol–water partition coefficient (Wildman–Crippen LogP) is 2.01. The smallest absolute Gasteiger partial charge is 0.435 e. The number of Topliss-reactive ketones (excluding diaryl/α,β-unsaturated/α-hetero) is 1. The van der Waals surface area contributed by atoms with Crippen LogP contribution in [0.4, 0.5) is 13.2 Å². The van der Waals surface area contributed by atoms with Crippen molar-refractivity contribution in [2.24, 2.45) is 11.8 Å². The van der Waals surface area contributed by atoms with Crippen molar-refractivity contribution >= 4 is 11.8 Å². The van der Waals surface area contributed by atoms with Gasteiger partial charge in [0, 0.05) is 17.4 Å². The molecule has 1 aromatic rings. The molecule has 2 aliphatic carbocycles. The molecule has 1 aromatic heterocycles. The molecule has 3 atom stereocenters. The minimum absolute atomic E-state index is 0.0469. The van der Waals surface area contributed by atoms with E-state index in [1.165, 1.54) is 0 Å². The molecular formula is C13H13F3N2O3. The third-order valence-electron chi connectivity index (χ3n) is 4.09. The maximum Gasteiger partial charge on any atom is 0.435 e. The van der Waals surface area contributed by atoms with Crippen LogP contribution in [0.3, 0.4) is 0 Å². The van der Waals surface area contributed by atoms with Gasteiger partial charge in [-0.25, -0.2) is 4.68 Å². The first-order valence-corrected chi connectivity index (χ1v) is 6.65. The maximum absolute atomic E-state index is 13.1. The van der Waals surface area contributed by atoms with E-state index in [1.54, 1.807) is 13.8 Å². The summed E-state index contributed by atoms with van der Waals surface area (Å²) in [5, 5.41) is 3.46. The van der Waals surface area contributed by atoms with E-state index in [1.807, 2.05) is 0 Å². The Balaban J connectivity index is 2.04. The first-order chi connectivity index (χ1) is 9.77. The van der Waals surface area contributed by atoms with Gasteiger partial charge in [-0.1, -0.05) is 6.92 Å². The lowest BCUT2D eigenvalue weighted by Gasteiger charge is -2.05. The Hall–Kier alpha value is -1.86. The Morgan fingerprint density at radius 1 is 1.38 bits per heavy atom. The molecule has 114 valence electrons. The molecule has 0 aromatic carbocycles. The molecule has 1 heterocycles. The SMILES string of the molecule is CCOC(=O)Cn1nc(C(F)(F)F)c2c1C(=O)[C@@H]1[C@H](C)[C@H]21. The van der Waals surface area contributed by atoms with Crippen molar-refractivity contribution in [1.82, 2.24) is 9.78 Å². The Morgan fingerprint density at radius 2 is 2.05 bits per heavy atom. The van der Waals surface area contributed by atoms with Crippen LogP contribution in [0, 0.1) is 11.8 Å². The van der Waals surface area contributed by atoms with Crippen molar-refractivity contribution in [3.05, 3.63) is 17.0 Å². The number of nitrogens with zero attached hydrogens (tertiary/aromatic N) is 2. The van der Waals surface area contributed by atoms with Crippen LogP contribution >= 0.6 is 0 Å². The molecule has 0 radical (unpaired) electrons. The van der Waals surface area contributed by atoms with Crippen LogP contribution < -0.4 is 0 Å². The molecule has 1 saturated carbocycles. The highest BCUT2D eigenvalue weighted by Gasteiger charge is 2.63. The molecular weight excluding hydrogens is 289 g/mol. The van der Waals surface area contributed by atoms with Gasteiger partial charge in [0.05, 0.1) is 6.61 Å². The second kappa shape index (κ2) is 4.32. The summed E-state index contributed by atoms with van der Waals surface area (Å²) in [4.78, 5) is 23.6. The van der Waals surface area contributed by atoms with E-state index < -0.39 is 36.2 Å². The van der Waals surface area contributed by atoms with E-state index in [4.69, 9.17) is 4.74 Å². The molecule has 0 bridgehead atoms. The zero-order chi connectivity index (χ0) is 15.5. The van der Waals surface area contributed by atoms with Gasteiger partial charge >= 0.3 is 12.1 Å². The van der Waals surface area contributed by atoms with Crippen LogP contribution in [0.5, 0.6) is 0 Å². The maximum atomic E-state index is 13.1. The second-order valence-electron chi connectivity index (χ2n) is 5.35. The summed E-state index contributed by atoms with van der Waals surface area (Å²) < 4.78 is 44.8. The van der Waals surface area contributed by atoms with Crippen LogP contribution in [0.2, 0.25) is 0 Å². The molecule has 0 amide bonds. The number of aromatic nitrogens is 2. The molecule has 0 N–H and O–H groups in total. The van der Waals surface area contributed by atoms with Gasteiger partial charge in [-0.05, 0) is 12.8 Å². The number of esters is 1. The highest BCUT2D eigenvalue weighted by Crippen LogP contribution is 2.63. The number of alkyl halides is 3. The topological polar surface area (TPSA) is 61.2 Å². The quantitative estimate of drug-likeness (QED) is 0.801. The Labute approximate surface area is 118 Å². The number of halogens is 3. The summed E-state index contributed by atoms with van der Waals surface area (Å²) in [6.45, 7) is 2.98. The molecule has 3 rings (SSSR count). The van der Waals surface area contributed by atoms with E-state index in [9.17, 15) is 22.8 Å². The van der Waals surface area contributed by atoms with Crippen molar-refractivity contribution in [3.8, 4) is 0 Å². The van der Waals surface area contributed by atoms with Crippen molar-refractivity contribution in [2.75, 3.05) is 6.61 Å². The van der Waals surface area contributed by atoms with Gasteiger partial charge in [0.1, 0.15) is 12.2 Å². The summed E-state index contributed by atoms with van der Waals surface area (Å²) in [6, 6.07) is 0. The molecule has 0 aliphatic heterocycles. The molecule has 8 heteroatoms. The Morgan fingerprint density at radius 3 is 2.62 bits per heavy atom. The number of ether oxygens (including phenoxy) is 1. The number of ketones is 1. The van der Waals surface area contributed by atoms with E-state index >= 15 is 0 Å². The largest absolute Gasteiger partial charge is 0.465 e. The number of carbonyl (C=O) groups excluding carboxylic acids is 2. The van der Waals surface area contributed by atoms with Crippen LogP contribution in [0.25, 0.3) is 0 Å². The summed E-state index contributed by atoms with van der Waals surface area (Å²) in [5.41, 5.74) is -1.18. The van der Waals surface area contributed by atoms with Crippen molar-refractivity contribution in [3.63, 3.8) is 0 Å². The zero-order valence-corrected chi connectivity index (χ0v) is 11.4. The van der Waals surface area contributed by atoms with E-state index in [0.717, 1.165) is 4.68 Å². The van der Waals surface area contributed by atoms with Gasteiger partial charge < -0.3 is 4.74 Å². The molecule has 1 fully saturated rings. The standard InChI is InChI=1S/C13H13F3N2O3/c1-3-21-6(19)4-18-10-9(12(17-18)13(14,15)16)7-5(2)8(7)11(10)20/h5,7-8H,3-4H2,1-2H3/t5-,7+,8-/m1/s1. The Kier molecular flexibility index (Phi) is 2.90. The fraction of sp³-hybridized carbons (Fsp3) is 0.615. The first-order valence-electron chi connectivity index (χ1n) is 6.65. The lowest BCUT2D eigenvalue weighted by molar-refractivity contribution is -0.146. The van der Waals surface area contributed by atoms with Crippen LogP contribution in [0.1, 0.15) is 41.5 Å².